The second-order valence-electron chi connectivity index (χ2n) is 5.10. The number of hydrogen-bond donors (Lipinski definition) is 1. The predicted octanol–water partition coefficient (Wildman–Crippen LogP) is 1.49. The Bertz CT molecular complexity index is 216. The zero-order chi connectivity index (χ0) is 11.4. The van der Waals surface area contributed by atoms with Crippen LogP contribution in [0.4, 0.5) is 0 Å². The number of nitrogens with zero attached hydrogens (tertiary/aromatic N) is 1. The van der Waals surface area contributed by atoms with Gasteiger partial charge in [0, 0.05) is 19.6 Å². The third-order valence-corrected chi connectivity index (χ3v) is 3.09. The van der Waals surface area contributed by atoms with Gasteiger partial charge in [-0.25, -0.2) is 0 Å². The molecule has 3 nitrogen and oxygen atoms in total. The number of hydrogen-bond acceptors (Lipinski definition) is 2. The van der Waals surface area contributed by atoms with Crippen LogP contribution in [-0.4, -0.2) is 37.0 Å². The zero-order valence-corrected chi connectivity index (χ0v) is 10.4. The van der Waals surface area contributed by atoms with Gasteiger partial charge in [0.1, 0.15) is 0 Å². The number of piperidine rings is 1. The van der Waals surface area contributed by atoms with Crippen LogP contribution in [0.2, 0.25) is 0 Å². The molecule has 0 aromatic carbocycles. The highest BCUT2D eigenvalue weighted by Gasteiger charge is 2.29. The second kappa shape index (κ2) is 5.50. The minimum atomic E-state index is 0.183. The minimum Gasteiger partial charge on any atom is -0.345 e. The lowest BCUT2D eigenvalue weighted by atomic mass is 9.90. The lowest BCUT2D eigenvalue weighted by Gasteiger charge is -2.32. The van der Waals surface area contributed by atoms with E-state index in [-0.39, 0.29) is 5.92 Å². The third-order valence-electron chi connectivity index (χ3n) is 3.09. The van der Waals surface area contributed by atoms with Crippen LogP contribution in [0, 0.1) is 11.8 Å². The summed E-state index contributed by atoms with van der Waals surface area (Å²) in [6, 6.07) is 0.334. The average molecular weight is 212 g/mol. The van der Waals surface area contributed by atoms with Gasteiger partial charge in [-0.2, -0.15) is 0 Å². The van der Waals surface area contributed by atoms with Crippen molar-refractivity contribution >= 4 is 5.91 Å². The SMILES string of the molecule is CC(C)CN(C)C(=O)[C@@H]1CCCN[C@@H]1C. The van der Waals surface area contributed by atoms with Crippen molar-refractivity contribution in [1.82, 2.24) is 10.2 Å². The molecule has 1 rings (SSSR count). The van der Waals surface area contributed by atoms with E-state index in [0.29, 0.717) is 17.9 Å². The maximum Gasteiger partial charge on any atom is 0.226 e. The van der Waals surface area contributed by atoms with Gasteiger partial charge in [-0.1, -0.05) is 13.8 Å². The Morgan fingerprint density at radius 2 is 2.20 bits per heavy atom. The van der Waals surface area contributed by atoms with Crippen molar-refractivity contribution in [1.29, 1.82) is 0 Å². The normalized spacial score (nSPS) is 26.7. The van der Waals surface area contributed by atoms with Crippen LogP contribution in [-0.2, 0) is 4.79 Å². The molecule has 1 heterocycles. The number of nitrogens with one attached hydrogen (secondary N) is 1. The van der Waals surface area contributed by atoms with E-state index in [0.717, 1.165) is 25.9 Å². The lowest BCUT2D eigenvalue weighted by Crippen LogP contribution is -2.47. The number of carbonyl (C=O) groups excluding carboxylic acids is 1. The highest BCUT2D eigenvalue weighted by atomic mass is 16.2. The highest BCUT2D eigenvalue weighted by molar-refractivity contribution is 5.79. The molecule has 1 aliphatic heterocycles. The van der Waals surface area contributed by atoms with E-state index in [1.165, 1.54) is 0 Å². The molecule has 0 aromatic rings. The predicted molar refractivity (Wildman–Crippen MR) is 62.7 cm³/mol. The van der Waals surface area contributed by atoms with Gasteiger partial charge in [0.15, 0.2) is 0 Å². The fourth-order valence-electron chi connectivity index (χ4n) is 2.30. The van der Waals surface area contributed by atoms with Crippen LogP contribution < -0.4 is 5.32 Å². The van der Waals surface area contributed by atoms with Crippen LogP contribution in [0.1, 0.15) is 33.6 Å². The van der Waals surface area contributed by atoms with Crippen LogP contribution in [0.25, 0.3) is 0 Å². The molecule has 2 atom stereocenters. The van der Waals surface area contributed by atoms with E-state index in [9.17, 15) is 4.79 Å². The van der Waals surface area contributed by atoms with Crippen LogP contribution in [0.3, 0.4) is 0 Å². The molecule has 1 N–H and O–H groups in total. The Labute approximate surface area is 93.2 Å². The van der Waals surface area contributed by atoms with Crippen molar-refractivity contribution in [3.8, 4) is 0 Å². The van der Waals surface area contributed by atoms with Gasteiger partial charge in [-0.15, -0.1) is 0 Å². The van der Waals surface area contributed by atoms with Crippen LogP contribution in [0.5, 0.6) is 0 Å². The minimum absolute atomic E-state index is 0.183. The molecule has 0 unspecified atom stereocenters. The van der Waals surface area contributed by atoms with Gasteiger partial charge in [0.25, 0.3) is 0 Å². The molecule has 1 aliphatic rings. The number of amides is 1. The Balaban J connectivity index is 2.50. The molecule has 1 fully saturated rings. The first-order chi connectivity index (χ1) is 7.02. The zero-order valence-electron chi connectivity index (χ0n) is 10.4. The molecule has 0 aliphatic carbocycles. The van der Waals surface area contributed by atoms with Crippen molar-refractivity contribution < 1.29 is 4.79 Å². The van der Waals surface area contributed by atoms with E-state index >= 15 is 0 Å². The molecule has 1 amide bonds. The van der Waals surface area contributed by atoms with Crippen molar-refractivity contribution in [2.45, 2.75) is 39.7 Å². The number of rotatable bonds is 3. The first-order valence-electron chi connectivity index (χ1n) is 6.00. The maximum atomic E-state index is 12.1. The van der Waals surface area contributed by atoms with Crippen LogP contribution >= 0.6 is 0 Å². The first kappa shape index (κ1) is 12.5. The van der Waals surface area contributed by atoms with Gasteiger partial charge < -0.3 is 10.2 Å². The fraction of sp³-hybridized carbons (Fsp3) is 0.917. The highest BCUT2D eigenvalue weighted by Crippen LogP contribution is 2.18. The molecule has 0 saturated carbocycles. The Hall–Kier alpha value is -0.570. The Morgan fingerprint density at radius 3 is 2.73 bits per heavy atom. The van der Waals surface area contributed by atoms with Crippen molar-refractivity contribution in [2.75, 3.05) is 20.1 Å². The molecule has 3 heteroatoms. The van der Waals surface area contributed by atoms with Crippen molar-refractivity contribution in [2.24, 2.45) is 11.8 Å². The maximum absolute atomic E-state index is 12.1. The summed E-state index contributed by atoms with van der Waals surface area (Å²) in [5, 5.41) is 3.37. The van der Waals surface area contributed by atoms with E-state index in [2.05, 4.69) is 26.1 Å². The standard InChI is InChI=1S/C12H24N2O/c1-9(2)8-14(4)12(15)11-6-5-7-13-10(11)3/h9-11,13H,5-8H2,1-4H3/t10-,11-/m1/s1. The van der Waals surface area contributed by atoms with Gasteiger partial charge in [0.05, 0.1) is 5.92 Å². The molecular weight excluding hydrogens is 188 g/mol. The van der Waals surface area contributed by atoms with E-state index in [4.69, 9.17) is 0 Å². The smallest absolute Gasteiger partial charge is 0.226 e. The summed E-state index contributed by atoms with van der Waals surface area (Å²) in [5.74, 6) is 1.04. The molecule has 0 radical (unpaired) electrons. The van der Waals surface area contributed by atoms with E-state index in [1.807, 2.05) is 11.9 Å². The molecule has 88 valence electrons. The monoisotopic (exact) mass is 212 g/mol. The van der Waals surface area contributed by atoms with Gasteiger partial charge in [-0.05, 0) is 32.2 Å². The summed E-state index contributed by atoms with van der Waals surface area (Å²) in [7, 11) is 1.92. The van der Waals surface area contributed by atoms with Gasteiger partial charge in [0.2, 0.25) is 5.91 Å². The van der Waals surface area contributed by atoms with Gasteiger partial charge in [-0.3, -0.25) is 4.79 Å². The molecule has 0 spiro atoms. The summed E-state index contributed by atoms with van der Waals surface area (Å²) in [6.07, 6.45) is 2.16. The third kappa shape index (κ3) is 3.49. The Kier molecular flexibility index (Phi) is 4.58. The second-order valence-corrected chi connectivity index (χ2v) is 5.10. The average Bonchev–Trinajstić information content (AvgIpc) is 2.16. The summed E-state index contributed by atoms with van der Waals surface area (Å²) in [6.45, 7) is 8.32. The summed E-state index contributed by atoms with van der Waals surface area (Å²) < 4.78 is 0. The van der Waals surface area contributed by atoms with Crippen molar-refractivity contribution in [3.63, 3.8) is 0 Å². The summed E-state index contributed by atoms with van der Waals surface area (Å²) in [5.41, 5.74) is 0. The summed E-state index contributed by atoms with van der Waals surface area (Å²) in [4.78, 5) is 14.0. The van der Waals surface area contributed by atoms with Crippen LogP contribution in [0.15, 0.2) is 0 Å². The fourth-order valence-corrected chi connectivity index (χ4v) is 2.30. The quantitative estimate of drug-likeness (QED) is 0.768. The van der Waals surface area contributed by atoms with E-state index < -0.39 is 0 Å². The largest absolute Gasteiger partial charge is 0.345 e. The summed E-state index contributed by atoms with van der Waals surface area (Å²) >= 11 is 0. The number of carbonyl (C=O) groups is 1. The molecule has 15 heavy (non-hydrogen) atoms. The Morgan fingerprint density at radius 1 is 1.53 bits per heavy atom. The molecule has 1 saturated heterocycles. The molecular formula is C12H24N2O. The van der Waals surface area contributed by atoms with Gasteiger partial charge >= 0.3 is 0 Å². The molecule has 0 aromatic heterocycles. The van der Waals surface area contributed by atoms with E-state index in [1.54, 1.807) is 0 Å². The molecule has 0 bridgehead atoms. The first-order valence-corrected chi connectivity index (χ1v) is 6.00. The van der Waals surface area contributed by atoms with Crippen molar-refractivity contribution in [3.05, 3.63) is 0 Å². The lowest BCUT2D eigenvalue weighted by molar-refractivity contribution is -0.136. The topological polar surface area (TPSA) is 32.3 Å².